The van der Waals surface area contributed by atoms with Gasteiger partial charge in [-0.1, -0.05) is 29.8 Å². The van der Waals surface area contributed by atoms with E-state index in [1.54, 1.807) is 7.11 Å². The Morgan fingerprint density at radius 3 is 2.62 bits per heavy atom. The molecule has 0 unspecified atom stereocenters. The Labute approximate surface area is 183 Å². The number of ether oxygens (including phenoxy) is 2. The maximum Gasteiger partial charge on any atom is 0.264 e. The van der Waals surface area contributed by atoms with Crippen molar-refractivity contribution in [3.8, 4) is 22.8 Å². The highest BCUT2D eigenvalue weighted by Crippen LogP contribution is 2.32. The van der Waals surface area contributed by atoms with Crippen molar-refractivity contribution < 1.29 is 14.3 Å². The van der Waals surface area contributed by atoms with Crippen LogP contribution in [0.15, 0.2) is 46.3 Å². The maximum absolute atomic E-state index is 12.4. The van der Waals surface area contributed by atoms with E-state index < -0.39 is 0 Å². The van der Waals surface area contributed by atoms with Gasteiger partial charge in [-0.05, 0) is 60.4 Å². The number of thiazole rings is 1. The summed E-state index contributed by atoms with van der Waals surface area (Å²) in [4.78, 5) is 16.8. The summed E-state index contributed by atoms with van der Waals surface area (Å²) in [5.74, 6) is 1.57. The van der Waals surface area contributed by atoms with Crippen LogP contribution in [0.3, 0.4) is 0 Å². The van der Waals surface area contributed by atoms with Gasteiger partial charge in [-0.25, -0.2) is 4.98 Å². The normalized spacial score (nSPS) is 10.8. The minimum Gasteiger partial charge on any atom is -0.497 e. The summed E-state index contributed by atoms with van der Waals surface area (Å²) in [5.41, 5.74) is 3.89. The molecular weight excluding hydrogens is 452 g/mol. The van der Waals surface area contributed by atoms with Crippen LogP contribution in [0.25, 0.3) is 11.3 Å². The van der Waals surface area contributed by atoms with E-state index in [0.717, 1.165) is 38.4 Å². The Balaban J connectivity index is 1.63. The van der Waals surface area contributed by atoms with E-state index in [9.17, 15) is 4.79 Å². The molecule has 0 atom stereocenters. The van der Waals surface area contributed by atoms with Crippen LogP contribution in [0, 0.1) is 6.92 Å². The van der Waals surface area contributed by atoms with E-state index in [1.165, 1.54) is 11.3 Å². The molecule has 3 aromatic rings. The lowest BCUT2D eigenvalue weighted by atomic mass is 10.0. The maximum atomic E-state index is 12.4. The van der Waals surface area contributed by atoms with E-state index in [4.69, 9.17) is 9.47 Å². The Hall–Kier alpha value is -2.38. The molecule has 0 fully saturated rings. The molecule has 0 radical (unpaired) electrons. The third-order valence-corrected chi connectivity index (χ3v) is 6.02. The first-order valence-electron chi connectivity index (χ1n) is 9.20. The molecule has 29 heavy (non-hydrogen) atoms. The quantitative estimate of drug-likeness (QED) is 0.453. The number of hydrogen-bond donors (Lipinski definition) is 1. The average molecular weight is 475 g/mol. The minimum absolute atomic E-state index is 0.0712. The smallest absolute Gasteiger partial charge is 0.264 e. The number of aryl methyl sites for hydroxylation is 1. The molecule has 7 heteroatoms. The van der Waals surface area contributed by atoms with Gasteiger partial charge in [-0.3, -0.25) is 10.1 Å². The van der Waals surface area contributed by atoms with Crippen molar-refractivity contribution in [3.05, 3.63) is 57.4 Å². The summed E-state index contributed by atoms with van der Waals surface area (Å²) < 4.78 is 12.0. The molecule has 1 amide bonds. The molecule has 0 aliphatic rings. The van der Waals surface area contributed by atoms with Gasteiger partial charge in [0.05, 0.1) is 12.8 Å². The summed E-state index contributed by atoms with van der Waals surface area (Å²) in [7, 11) is 1.63. The number of rotatable bonds is 7. The van der Waals surface area contributed by atoms with Crippen LogP contribution in [0.5, 0.6) is 11.5 Å². The lowest BCUT2D eigenvalue weighted by Crippen LogP contribution is -2.20. The number of benzene rings is 2. The first kappa shape index (κ1) is 21.3. The van der Waals surface area contributed by atoms with Crippen molar-refractivity contribution in [1.82, 2.24) is 4.98 Å². The lowest BCUT2D eigenvalue weighted by Gasteiger charge is -2.15. The molecule has 0 saturated heterocycles. The molecule has 0 aliphatic heterocycles. The number of amides is 1. The van der Waals surface area contributed by atoms with Crippen molar-refractivity contribution in [2.45, 2.75) is 26.7 Å². The molecule has 5 nitrogen and oxygen atoms in total. The Morgan fingerprint density at radius 2 is 1.97 bits per heavy atom. The van der Waals surface area contributed by atoms with Gasteiger partial charge in [0.1, 0.15) is 11.5 Å². The molecule has 0 aliphatic carbocycles. The van der Waals surface area contributed by atoms with Gasteiger partial charge < -0.3 is 9.47 Å². The monoisotopic (exact) mass is 474 g/mol. The molecule has 1 heterocycles. The second kappa shape index (κ2) is 9.41. The van der Waals surface area contributed by atoms with Gasteiger partial charge in [0.2, 0.25) is 0 Å². The molecule has 1 aromatic heterocycles. The predicted molar refractivity (Wildman–Crippen MR) is 121 cm³/mol. The Bertz CT molecular complexity index is 1000. The number of methoxy groups -OCH3 is 1. The van der Waals surface area contributed by atoms with Gasteiger partial charge in [0.15, 0.2) is 11.7 Å². The van der Waals surface area contributed by atoms with Crippen LogP contribution in [0.4, 0.5) is 5.13 Å². The van der Waals surface area contributed by atoms with Crippen LogP contribution in [0.2, 0.25) is 0 Å². The highest BCUT2D eigenvalue weighted by atomic mass is 79.9. The first-order valence-corrected chi connectivity index (χ1v) is 10.9. The van der Waals surface area contributed by atoms with Gasteiger partial charge >= 0.3 is 0 Å². The summed E-state index contributed by atoms with van der Waals surface area (Å²) >= 11 is 4.93. The van der Waals surface area contributed by atoms with Crippen molar-refractivity contribution in [1.29, 1.82) is 0 Å². The minimum atomic E-state index is -0.240. The zero-order chi connectivity index (χ0) is 21.0. The van der Waals surface area contributed by atoms with Gasteiger partial charge in [-0.15, -0.1) is 11.3 Å². The molecule has 152 valence electrons. The third kappa shape index (κ3) is 5.36. The van der Waals surface area contributed by atoms with Crippen molar-refractivity contribution in [3.63, 3.8) is 0 Å². The number of anilines is 1. The van der Waals surface area contributed by atoms with Gasteiger partial charge in [-0.2, -0.15) is 0 Å². The zero-order valence-electron chi connectivity index (χ0n) is 16.8. The number of hydrogen-bond acceptors (Lipinski definition) is 5. The Morgan fingerprint density at radius 1 is 1.24 bits per heavy atom. The van der Waals surface area contributed by atoms with E-state index in [2.05, 4.69) is 46.1 Å². The molecular formula is C22H23BrN2O3S. The van der Waals surface area contributed by atoms with E-state index in [1.807, 2.05) is 42.6 Å². The summed E-state index contributed by atoms with van der Waals surface area (Å²) in [5, 5.41) is 5.26. The summed E-state index contributed by atoms with van der Waals surface area (Å²) in [6.45, 7) is 6.12. The van der Waals surface area contributed by atoms with E-state index >= 15 is 0 Å². The number of nitrogens with one attached hydrogen (secondary N) is 1. The van der Waals surface area contributed by atoms with Crippen molar-refractivity contribution in [2.75, 3.05) is 19.0 Å². The van der Waals surface area contributed by atoms with Crippen LogP contribution < -0.4 is 14.8 Å². The molecule has 0 saturated carbocycles. The zero-order valence-corrected chi connectivity index (χ0v) is 19.2. The van der Waals surface area contributed by atoms with Crippen LogP contribution in [-0.4, -0.2) is 24.6 Å². The largest absolute Gasteiger partial charge is 0.497 e. The molecule has 0 bridgehead atoms. The molecule has 3 rings (SSSR count). The van der Waals surface area contributed by atoms with Crippen molar-refractivity contribution >= 4 is 38.3 Å². The molecule has 1 N–H and O–H groups in total. The predicted octanol–water partition coefficient (Wildman–Crippen LogP) is 6.03. The second-order valence-corrected chi connectivity index (χ2v) is 8.61. The first-order chi connectivity index (χ1) is 13.9. The van der Waals surface area contributed by atoms with E-state index in [0.29, 0.717) is 5.13 Å². The Kier molecular flexibility index (Phi) is 6.92. The van der Waals surface area contributed by atoms with Crippen LogP contribution >= 0.6 is 27.3 Å². The van der Waals surface area contributed by atoms with Crippen LogP contribution in [0.1, 0.15) is 30.9 Å². The number of halogens is 1. The van der Waals surface area contributed by atoms with Crippen LogP contribution in [-0.2, 0) is 4.79 Å². The molecule has 2 aromatic carbocycles. The fourth-order valence-corrected chi connectivity index (χ4v) is 3.87. The van der Waals surface area contributed by atoms with Gasteiger partial charge in [0, 0.05) is 15.4 Å². The highest BCUT2D eigenvalue weighted by molar-refractivity contribution is 9.10. The average Bonchev–Trinajstić information content (AvgIpc) is 3.16. The lowest BCUT2D eigenvalue weighted by molar-refractivity contribution is -0.118. The van der Waals surface area contributed by atoms with E-state index in [-0.39, 0.29) is 18.4 Å². The number of nitrogens with zero attached hydrogens (tertiary/aromatic N) is 1. The fourth-order valence-electron chi connectivity index (χ4n) is 2.77. The third-order valence-electron chi connectivity index (χ3n) is 4.41. The number of aromatic nitrogens is 1. The topological polar surface area (TPSA) is 60.5 Å². The number of carbonyl (C=O) groups excluding carboxylic acids is 1. The number of carbonyl (C=O) groups is 1. The summed E-state index contributed by atoms with van der Waals surface area (Å²) in [6, 6.07) is 11.6. The standard InChI is InChI=1S/C22H23BrN2O3S/c1-13(2)17-10-18(23)14(3)9-20(17)28-11-21(26)25-22-24-19(12-29-22)15-5-7-16(27-4)8-6-15/h5-10,12-13H,11H2,1-4H3,(H,24,25,26). The highest BCUT2D eigenvalue weighted by Gasteiger charge is 2.14. The fraction of sp³-hybridized carbons (Fsp3) is 0.273. The van der Waals surface area contributed by atoms with Crippen molar-refractivity contribution in [2.24, 2.45) is 0 Å². The molecule has 0 spiro atoms. The SMILES string of the molecule is COc1ccc(-c2csc(NC(=O)COc3cc(C)c(Br)cc3C(C)C)n2)cc1. The second-order valence-electron chi connectivity index (χ2n) is 6.90. The van der Waals surface area contributed by atoms with Gasteiger partial charge in [0.25, 0.3) is 5.91 Å². The summed E-state index contributed by atoms with van der Waals surface area (Å²) in [6.07, 6.45) is 0.